The number of hydrogen-bond donors (Lipinski definition) is 1. The van der Waals surface area contributed by atoms with Crippen LogP contribution in [-0.2, 0) is 0 Å². The van der Waals surface area contributed by atoms with Crippen molar-refractivity contribution < 1.29 is 4.74 Å². The second kappa shape index (κ2) is 7.60. The molecule has 1 aromatic carbocycles. The zero-order valence-electron chi connectivity index (χ0n) is 11.3. The van der Waals surface area contributed by atoms with Crippen LogP contribution in [0.15, 0.2) is 18.2 Å². The second-order valence-corrected chi connectivity index (χ2v) is 4.59. The predicted molar refractivity (Wildman–Crippen MR) is 74.4 cm³/mol. The Labute approximate surface area is 110 Å². The highest BCUT2D eigenvalue weighted by Crippen LogP contribution is 2.22. The average molecular weight is 246 g/mol. The Morgan fingerprint density at radius 2 is 2.17 bits per heavy atom. The molecule has 0 aliphatic carbocycles. The van der Waals surface area contributed by atoms with Gasteiger partial charge in [0.25, 0.3) is 0 Å². The summed E-state index contributed by atoms with van der Waals surface area (Å²) < 4.78 is 5.76. The molecule has 0 aromatic heterocycles. The van der Waals surface area contributed by atoms with Crippen LogP contribution >= 0.6 is 0 Å². The van der Waals surface area contributed by atoms with E-state index in [2.05, 4.69) is 19.9 Å². The molecule has 18 heavy (non-hydrogen) atoms. The fraction of sp³-hybridized carbons (Fsp3) is 0.533. The van der Waals surface area contributed by atoms with Crippen LogP contribution in [0.1, 0.15) is 45.1 Å². The molecule has 3 nitrogen and oxygen atoms in total. The predicted octanol–water partition coefficient (Wildman–Crippen LogP) is 3.74. The normalized spacial score (nSPS) is 11.8. The molecular weight excluding hydrogens is 224 g/mol. The largest absolute Gasteiger partial charge is 0.492 e. The highest BCUT2D eigenvalue weighted by atomic mass is 16.5. The second-order valence-electron chi connectivity index (χ2n) is 4.59. The van der Waals surface area contributed by atoms with Crippen molar-refractivity contribution in [3.05, 3.63) is 23.8 Å². The first kappa shape index (κ1) is 14.4. The topological polar surface area (TPSA) is 59.0 Å². The van der Waals surface area contributed by atoms with Gasteiger partial charge in [0.1, 0.15) is 11.8 Å². The van der Waals surface area contributed by atoms with Crippen LogP contribution in [0.5, 0.6) is 5.75 Å². The molecule has 0 saturated heterocycles. The Balaban J connectivity index is 2.59. The Kier molecular flexibility index (Phi) is 6.07. The van der Waals surface area contributed by atoms with Crippen molar-refractivity contribution in [3.8, 4) is 11.8 Å². The number of anilines is 1. The van der Waals surface area contributed by atoms with E-state index in [1.165, 1.54) is 19.3 Å². The fourth-order valence-electron chi connectivity index (χ4n) is 1.87. The number of unbranched alkanes of at least 4 members (excludes halogenated alkanes) is 1. The lowest BCUT2D eigenvalue weighted by Gasteiger charge is -2.16. The summed E-state index contributed by atoms with van der Waals surface area (Å²) in [6.07, 6.45) is 4.73. The van der Waals surface area contributed by atoms with Crippen LogP contribution in [0.2, 0.25) is 0 Å². The molecule has 0 spiro atoms. The molecule has 0 bridgehead atoms. The van der Waals surface area contributed by atoms with Crippen LogP contribution in [0.4, 0.5) is 5.69 Å². The molecule has 0 amide bonds. The van der Waals surface area contributed by atoms with E-state index < -0.39 is 0 Å². The minimum absolute atomic E-state index is 0.514. The van der Waals surface area contributed by atoms with Gasteiger partial charge in [0.15, 0.2) is 0 Å². The lowest BCUT2D eigenvalue weighted by Crippen LogP contribution is -2.12. The van der Waals surface area contributed by atoms with Crippen LogP contribution in [0, 0.1) is 17.2 Å². The van der Waals surface area contributed by atoms with E-state index in [4.69, 9.17) is 15.7 Å². The maximum absolute atomic E-state index is 9.02. The smallest absolute Gasteiger partial charge is 0.137 e. The lowest BCUT2D eigenvalue weighted by atomic mass is 10.0. The lowest BCUT2D eigenvalue weighted by molar-refractivity contribution is 0.233. The number of nitriles is 1. The van der Waals surface area contributed by atoms with Crippen molar-refractivity contribution in [2.45, 2.75) is 39.5 Å². The first-order chi connectivity index (χ1) is 8.71. The molecule has 2 N–H and O–H groups in total. The molecule has 0 heterocycles. The number of nitrogens with two attached hydrogens (primary N) is 1. The van der Waals surface area contributed by atoms with E-state index in [0.717, 1.165) is 6.42 Å². The summed E-state index contributed by atoms with van der Waals surface area (Å²) in [7, 11) is 0. The summed E-state index contributed by atoms with van der Waals surface area (Å²) >= 11 is 0. The van der Waals surface area contributed by atoms with E-state index >= 15 is 0 Å². The van der Waals surface area contributed by atoms with Crippen LogP contribution in [-0.4, -0.2) is 6.61 Å². The first-order valence-electron chi connectivity index (χ1n) is 6.63. The molecule has 1 aromatic rings. The minimum Gasteiger partial charge on any atom is -0.492 e. The molecule has 0 aliphatic rings. The molecule has 0 aliphatic heterocycles. The Hall–Kier alpha value is -1.69. The number of benzene rings is 1. The van der Waals surface area contributed by atoms with Gasteiger partial charge in [0, 0.05) is 5.69 Å². The quantitative estimate of drug-likeness (QED) is 0.746. The number of ether oxygens (including phenoxy) is 1. The summed E-state index contributed by atoms with van der Waals surface area (Å²) in [5, 5.41) is 9.02. The number of rotatable bonds is 7. The SMILES string of the molecule is CCCCC(CC)COc1ccc(N)cc1C#N. The van der Waals surface area contributed by atoms with Gasteiger partial charge in [0.2, 0.25) is 0 Å². The van der Waals surface area contributed by atoms with Crippen LogP contribution in [0.3, 0.4) is 0 Å². The molecule has 1 unspecified atom stereocenters. The summed E-state index contributed by atoms with van der Waals surface area (Å²) in [5.74, 6) is 1.20. The van der Waals surface area contributed by atoms with Crippen LogP contribution < -0.4 is 10.5 Å². The summed E-state index contributed by atoms with van der Waals surface area (Å²) in [6.45, 7) is 5.05. The Morgan fingerprint density at radius 3 is 2.78 bits per heavy atom. The van der Waals surface area contributed by atoms with E-state index in [1.54, 1.807) is 18.2 Å². The summed E-state index contributed by atoms with van der Waals surface area (Å²) in [5.41, 5.74) is 6.75. The van der Waals surface area contributed by atoms with Crippen molar-refractivity contribution in [3.63, 3.8) is 0 Å². The third kappa shape index (κ3) is 4.29. The van der Waals surface area contributed by atoms with Gasteiger partial charge in [0.05, 0.1) is 12.2 Å². The third-order valence-corrected chi connectivity index (χ3v) is 3.14. The monoisotopic (exact) mass is 246 g/mol. The third-order valence-electron chi connectivity index (χ3n) is 3.14. The van der Waals surface area contributed by atoms with Crippen molar-refractivity contribution in [2.24, 2.45) is 5.92 Å². The van der Waals surface area contributed by atoms with Crippen molar-refractivity contribution in [1.82, 2.24) is 0 Å². The first-order valence-corrected chi connectivity index (χ1v) is 6.63. The molecule has 1 atom stereocenters. The van der Waals surface area contributed by atoms with Gasteiger partial charge in [-0.2, -0.15) is 5.26 Å². The van der Waals surface area contributed by atoms with Gasteiger partial charge in [-0.15, -0.1) is 0 Å². The molecule has 0 radical (unpaired) electrons. The Bertz CT molecular complexity index is 409. The number of nitrogens with zero attached hydrogens (tertiary/aromatic N) is 1. The maximum Gasteiger partial charge on any atom is 0.137 e. The zero-order valence-corrected chi connectivity index (χ0v) is 11.3. The number of hydrogen-bond acceptors (Lipinski definition) is 3. The zero-order chi connectivity index (χ0) is 13.4. The standard InChI is InChI=1S/C15H22N2O/c1-3-5-6-12(4-2)11-18-15-8-7-14(17)9-13(15)10-16/h7-9,12H,3-6,11,17H2,1-2H3. The number of nitrogen functional groups attached to an aromatic ring is 1. The van der Waals surface area contributed by atoms with Crippen molar-refractivity contribution in [1.29, 1.82) is 5.26 Å². The highest BCUT2D eigenvalue weighted by molar-refractivity contribution is 5.53. The minimum atomic E-state index is 0.514. The van der Waals surface area contributed by atoms with Crippen molar-refractivity contribution >= 4 is 5.69 Å². The molecule has 0 fully saturated rings. The van der Waals surface area contributed by atoms with Crippen LogP contribution in [0.25, 0.3) is 0 Å². The molecule has 98 valence electrons. The van der Waals surface area contributed by atoms with Gasteiger partial charge in [-0.25, -0.2) is 0 Å². The van der Waals surface area contributed by atoms with Gasteiger partial charge < -0.3 is 10.5 Å². The van der Waals surface area contributed by atoms with E-state index in [1.807, 2.05) is 0 Å². The maximum atomic E-state index is 9.02. The van der Waals surface area contributed by atoms with E-state index in [9.17, 15) is 0 Å². The van der Waals surface area contributed by atoms with Gasteiger partial charge in [-0.05, 0) is 30.5 Å². The average Bonchev–Trinajstić information content (AvgIpc) is 2.40. The summed E-state index contributed by atoms with van der Waals surface area (Å²) in [6, 6.07) is 7.32. The van der Waals surface area contributed by atoms with E-state index in [-0.39, 0.29) is 0 Å². The molecular formula is C15H22N2O. The Morgan fingerprint density at radius 1 is 1.39 bits per heavy atom. The molecule has 0 saturated carbocycles. The van der Waals surface area contributed by atoms with Gasteiger partial charge >= 0.3 is 0 Å². The van der Waals surface area contributed by atoms with Gasteiger partial charge in [-0.3, -0.25) is 0 Å². The highest BCUT2D eigenvalue weighted by Gasteiger charge is 2.09. The van der Waals surface area contributed by atoms with Crippen molar-refractivity contribution in [2.75, 3.05) is 12.3 Å². The summed E-state index contributed by atoms with van der Waals surface area (Å²) in [4.78, 5) is 0. The van der Waals surface area contributed by atoms with E-state index in [0.29, 0.717) is 29.5 Å². The van der Waals surface area contributed by atoms with Gasteiger partial charge in [-0.1, -0.05) is 33.1 Å². The molecule has 1 rings (SSSR count). The molecule has 3 heteroatoms. The fourth-order valence-corrected chi connectivity index (χ4v) is 1.87.